The fraction of sp³-hybridized carbons (Fsp3) is 1.00. The van der Waals surface area contributed by atoms with E-state index in [9.17, 15) is 0 Å². The molecular weight excluding hydrogens is 290 g/mol. The van der Waals surface area contributed by atoms with Crippen molar-refractivity contribution in [3.63, 3.8) is 0 Å². The highest BCUT2D eigenvalue weighted by Crippen LogP contribution is 2.37. The maximum atomic E-state index is 5.50. The van der Waals surface area contributed by atoms with Crippen LogP contribution in [0.2, 0.25) is 44.3 Å². The van der Waals surface area contributed by atoms with Crippen molar-refractivity contribution in [2.75, 3.05) is 27.9 Å². The summed E-state index contributed by atoms with van der Waals surface area (Å²) in [5.41, 5.74) is 0. The van der Waals surface area contributed by atoms with E-state index >= 15 is 0 Å². The van der Waals surface area contributed by atoms with Gasteiger partial charge in [-0.2, -0.15) is 0 Å². The van der Waals surface area contributed by atoms with Crippen molar-refractivity contribution in [1.82, 2.24) is 4.23 Å². The number of rotatable bonds is 7. The monoisotopic (exact) mass is 321 g/mol. The molecule has 4 nitrogen and oxygen atoms in total. The van der Waals surface area contributed by atoms with E-state index < -0.39 is 25.3 Å². The molecule has 19 heavy (non-hydrogen) atoms. The molecular formula is C12H31NO3Si3. The zero-order valence-electron chi connectivity index (χ0n) is 13.7. The van der Waals surface area contributed by atoms with Gasteiger partial charge in [-0.3, -0.25) is 0 Å². The van der Waals surface area contributed by atoms with E-state index in [1.165, 1.54) is 18.6 Å². The standard InChI is InChI=1S/C12H31NO3Si3/c1-14-19(15-2,16-3)10-8-9-13-17(4,5)11-12-18(13,6)7/h8-12H2,1-7H3. The Morgan fingerprint density at radius 2 is 1.32 bits per heavy atom. The Kier molecular flexibility index (Phi) is 6.01. The van der Waals surface area contributed by atoms with Gasteiger partial charge in [0.05, 0.1) is 0 Å². The molecule has 0 aromatic rings. The van der Waals surface area contributed by atoms with Gasteiger partial charge in [-0.15, -0.1) is 0 Å². The van der Waals surface area contributed by atoms with Gasteiger partial charge in [-0.1, -0.05) is 26.2 Å². The number of hydrogen-bond acceptors (Lipinski definition) is 4. The Bertz CT molecular complexity index is 272. The lowest BCUT2D eigenvalue weighted by atomic mass is 10.5. The maximum Gasteiger partial charge on any atom is 0.500 e. The number of hydrogen-bond donors (Lipinski definition) is 0. The van der Waals surface area contributed by atoms with Crippen molar-refractivity contribution in [3.05, 3.63) is 0 Å². The molecule has 0 aliphatic carbocycles. The van der Waals surface area contributed by atoms with Crippen molar-refractivity contribution in [3.8, 4) is 0 Å². The van der Waals surface area contributed by atoms with Gasteiger partial charge in [0.25, 0.3) is 0 Å². The summed E-state index contributed by atoms with van der Waals surface area (Å²) < 4.78 is 19.4. The van der Waals surface area contributed by atoms with Crippen LogP contribution >= 0.6 is 0 Å². The van der Waals surface area contributed by atoms with E-state index in [0.29, 0.717) is 0 Å². The van der Waals surface area contributed by atoms with Gasteiger partial charge in [-0.25, -0.2) is 0 Å². The van der Waals surface area contributed by atoms with Crippen molar-refractivity contribution in [1.29, 1.82) is 0 Å². The van der Waals surface area contributed by atoms with Gasteiger partial charge in [0.1, 0.15) is 16.5 Å². The third-order valence-corrected chi connectivity index (χ3v) is 17.9. The first-order valence-corrected chi connectivity index (χ1v) is 15.4. The van der Waals surface area contributed by atoms with Gasteiger partial charge < -0.3 is 17.5 Å². The molecule has 1 rings (SSSR count). The summed E-state index contributed by atoms with van der Waals surface area (Å²) in [6.45, 7) is 11.3. The van der Waals surface area contributed by atoms with Crippen LogP contribution < -0.4 is 0 Å². The van der Waals surface area contributed by atoms with Crippen LogP contribution in [0.3, 0.4) is 0 Å². The molecule has 0 unspecified atom stereocenters. The van der Waals surface area contributed by atoms with E-state index in [2.05, 4.69) is 30.4 Å². The van der Waals surface area contributed by atoms with Gasteiger partial charge >= 0.3 is 8.80 Å². The first kappa shape index (κ1) is 17.5. The Labute approximate surface area is 122 Å². The summed E-state index contributed by atoms with van der Waals surface area (Å²) in [5, 5.41) is 0. The Balaban J connectivity index is 2.57. The summed E-state index contributed by atoms with van der Waals surface area (Å²) in [6.07, 6.45) is 1.12. The molecule has 0 spiro atoms. The summed E-state index contributed by atoms with van der Waals surface area (Å²) in [6, 6.07) is 3.85. The third kappa shape index (κ3) is 3.99. The van der Waals surface area contributed by atoms with Crippen LogP contribution in [-0.2, 0) is 13.3 Å². The average Bonchev–Trinajstić information content (AvgIpc) is 2.57. The molecule has 1 aliphatic rings. The predicted molar refractivity (Wildman–Crippen MR) is 87.5 cm³/mol. The summed E-state index contributed by atoms with van der Waals surface area (Å²) in [5.74, 6) is 0. The molecule has 0 amide bonds. The van der Waals surface area contributed by atoms with Gasteiger partial charge in [0.2, 0.25) is 0 Å². The van der Waals surface area contributed by atoms with Crippen LogP contribution in [0.4, 0.5) is 0 Å². The molecule has 0 saturated carbocycles. The molecule has 0 aromatic carbocycles. The molecule has 0 N–H and O–H groups in total. The first-order valence-electron chi connectivity index (χ1n) is 7.16. The molecule has 0 bridgehead atoms. The van der Waals surface area contributed by atoms with Crippen molar-refractivity contribution in [2.45, 2.75) is 50.7 Å². The van der Waals surface area contributed by atoms with E-state index in [-0.39, 0.29) is 0 Å². The minimum absolute atomic E-state index is 0.919. The molecule has 1 saturated heterocycles. The van der Waals surface area contributed by atoms with E-state index in [4.69, 9.17) is 13.3 Å². The molecule has 114 valence electrons. The van der Waals surface area contributed by atoms with E-state index in [0.717, 1.165) is 12.5 Å². The number of nitrogens with zero attached hydrogens (tertiary/aromatic N) is 1. The lowest BCUT2D eigenvalue weighted by molar-refractivity contribution is 0.122. The van der Waals surface area contributed by atoms with Gasteiger partial charge in [0, 0.05) is 27.4 Å². The van der Waals surface area contributed by atoms with Crippen molar-refractivity contribution >= 4 is 25.3 Å². The molecule has 0 atom stereocenters. The largest absolute Gasteiger partial charge is 0.500 e. The molecule has 0 radical (unpaired) electrons. The van der Waals surface area contributed by atoms with Crippen LogP contribution in [0.15, 0.2) is 0 Å². The third-order valence-electron chi connectivity index (χ3n) is 4.61. The summed E-state index contributed by atoms with van der Waals surface area (Å²) in [4.78, 5) is 0. The zero-order valence-corrected chi connectivity index (χ0v) is 16.7. The molecule has 1 fully saturated rings. The topological polar surface area (TPSA) is 30.9 Å². The molecule has 1 aliphatic heterocycles. The highest BCUT2D eigenvalue weighted by Gasteiger charge is 2.47. The van der Waals surface area contributed by atoms with Crippen molar-refractivity contribution in [2.24, 2.45) is 0 Å². The normalized spacial score (nSPS) is 22.9. The van der Waals surface area contributed by atoms with Crippen LogP contribution in [-0.4, -0.2) is 57.4 Å². The average molecular weight is 322 g/mol. The summed E-state index contributed by atoms with van der Waals surface area (Å²) >= 11 is 0. The lowest BCUT2D eigenvalue weighted by Gasteiger charge is -2.39. The SMILES string of the molecule is CO[Si](CCCN1[Si](C)(C)CC[Si]1(C)C)(OC)OC. The maximum absolute atomic E-state index is 5.50. The highest BCUT2D eigenvalue weighted by molar-refractivity contribution is 6.95. The Hall–Kier alpha value is 0.491. The summed E-state index contributed by atoms with van der Waals surface area (Å²) in [7, 11) is 0.437. The van der Waals surface area contributed by atoms with Crippen molar-refractivity contribution < 1.29 is 13.3 Å². The van der Waals surface area contributed by atoms with Gasteiger partial charge in [0.15, 0.2) is 0 Å². The smallest absolute Gasteiger partial charge is 0.377 e. The second-order valence-electron chi connectivity index (χ2n) is 6.68. The Morgan fingerprint density at radius 1 is 0.895 bits per heavy atom. The van der Waals surface area contributed by atoms with Crippen LogP contribution in [0, 0.1) is 0 Å². The second kappa shape index (κ2) is 6.50. The van der Waals surface area contributed by atoms with Crippen LogP contribution in [0.25, 0.3) is 0 Å². The molecule has 0 aromatic heterocycles. The first-order chi connectivity index (χ1) is 8.73. The zero-order chi connectivity index (χ0) is 14.7. The minimum atomic E-state index is -2.38. The van der Waals surface area contributed by atoms with Crippen LogP contribution in [0.1, 0.15) is 6.42 Å². The van der Waals surface area contributed by atoms with Gasteiger partial charge in [-0.05, 0) is 25.1 Å². The second-order valence-corrected chi connectivity index (χ2v) is 19.5. The highest BCUT2D eigenvalue weighted by atomic mass is 28.4. The van der Waals surface area contributed by atoms with Crippen LogP contribution in [0.5, 0.6) is 0 Å². The fourth-order valence-electron chi connectivity index (χ4n) is 3.32. The lowest BCUT2D eigenvalue weighted by Crippen LogP contribution is -2.55. The molecule has 7 heteroatoms. The quantitative estimate of drug-likeness (QED) is 0.675. The Morgan fingerprint density at radius 3 is 1.68 bits per heavy atom. The predicted octanol–water partition coefficient (Wildman–Crippen LogP) is 2.98. The minimum Gasteiger partial charge on any atom is -0.377 e. The molecule has 1 heterocycles. The van der Waals surface area contributed by atoms with E-state index in [1.54, 1.807) is 21.3 Å². The van der Waals surface area contributed by atoms with E-state index in [1.807, 2.05) is 0 Å². The fourth-order valence-corrected chi connectivity index (χ4v) is 19.2.